The van der Waals surface area contributed by atoms with Crippen molar-refractivity contribution < 1.29 is 0 Å². The van der Waals surface area contributed by atoms with Gasteiger partial charge in [-0.3, -0.25) is 0 Å². The minimum Gasteiger partial charge on any atom is -0.310 e. The van der Waals surface area contributed by atoms with Crippen molar-refractivity contribution in [1.29, 1.82) is 0 Å². The van der Waals surface area contributed by atoms with Crippen LogP contribution in [0.3, 0.4) is 0 Å². The van der Waals surface area contributed by atoms with Crippen LogP contribution >= 0.6 is 0 Å². The maximum Gasteiger partial charge on any atom is 0.0541 e. The van der Waals surface area contributed by atoms with Crippen LogP contribution in [-0.4, -0.2) is 4.57 Å². The highest BCUT2D eigenvalue weighted by Gasteiger charge is 2.33. The van der Waals surface area contributed by atoms with Gasteiger partial charge in [0.2, 0.25) is 0 Å². The summed E-state index contributed by atoms with van der Waals surface area (Å²) in [6.07, 6.45) is 0. The highest BCUT2D eigenvalue weighted by Crippen LogP contribution is 2.55. The number of benzene rings is 11. The van der Waals surface area contributed by atoms with Crippen LogP contribution in [0.4, 0.5) is 17.1 Å². The molecule has 0 saturated heterocycles. The molecule has 11 aromatic carbocycles. The number of aromatic nitrogens is 1. The van der Waals surface area contributed by atoms with Gasteiger partial charge in [-0.15, -0.1) is 0 Å². The molecule has 0 bridgehead atoms. The van der Waals surface area contributed by atoms with E-state index in [2.05, 4.69) is 276 Å². The Balaban J connectivity index is 0.901. The molecule has 0 aliphatic heterocycles. The SMILES string of the molecule is c1ccc(-c2ccc(-c3ccc(N(c4ccc(-c5ccc6c(c5)c5ccccc5n6-c5ccccc5)cc4)c4ccc5c(c4)C(=C4c6ccccc6-c6ccccc64)c4ccccc4-5)cc3)cc2)cc1. The average molecular weight is 889 g/mol. The molecule has 2 heteroatoms. The lowest BCUT2D eigenvalue weighted by Crippen LogP contribution is -2.10. The molecule has 0 spiro atoms. The van der Waals surface area contributed by atoms with Crippen molar-refractivity contribution in [2.45, 2.75) is 0 Å². The van der Waals surface area contributed by atoms with E-state index in [0.717, 1.165) is 22.7 Å². The van der Waals surface area contributed by atoms with E-state index in [1.807, 2.05) is 0 Å². The first kappa shape index (κ1) is 39.9. The van der Waals surface area contributed by atoms with Gasteiger partial charge in [0.25, 0.3) is 0 Å². The largest absolute Gasteiger partial charge is 0.310 e. The van der Waals surface area contributed by atoms with E-state index < -0.39 is 0 Å². The van der Waals surface area contributed by atoms with E-state index in [1.54, 1.807) is 0 Å². The van der Waals surface area contributed by atoms with E-state index in [1.165, 1.54) is 111 Å². The van der Waals surface area contributed by atoms with Gasteiger partial charge in [-0.25, -0.2) is 0 Å². The van der Waals surface area contributed by atoms with Gasteiger partial charge in [0.1, 0.15) is 0 Å². The molecule has 0 amide bonds. The quantitative estimate of drug-likeness (QED) is 0.155. The highest BCUT2D eigenvalue weighted by atomic mass is 15.1. The molecule has 0 N–H and O–H groups in total. The summed E-state index contributed by atoms with van der Waals surface area (Å²) in [5.41, 5.74) is 26.8. The number of rotatable bonds is 7. The fourth-order valence-electron chi connectivity index (χ4n) is 11.3. The predicted molar refractivity (Wildman–Crippen MR) is 294 cm³/mol. The molecular weight excluding hydrogens is 845 g/mol. The van der Waals surface area contributed by atoms with Crippen molar-refractivity contribution in [2.24, 2.45) is 0 Å². The number of hydrogen-bond acceptors (Lipinski definition) is 1. The van der Waals surface area contributed by atoms with Crippen molar-refractivity contribution >= 4 is 50.0 Å². The van der Waals surface area contributed by atoms with Crippen LogP contribution in [0.25, 0.3) is 94.3 Å². The summed E-state index contributed by atoms with van der Waals surface area (Å²) in [5, 5.41) is 2.49. The molecule has 12 aromatic rings. The molecule has 2 nitrogen and oxygen atoms in total. The Bertz CT molecular complexity index is 3960. The van der Waals surface area contributed by atoms with Crippen LogP contribution < -0.4 is 4.90 Å². The Kier molecular flexibility index (Phi) is 9.25. The van der Waals surface area contributed by atoms with Gasteiger partial charge in [-0.2, -0.15) is 0 Å². The number of nitrogens with zero attached hydrogens (tertiary/aromatic N) is 2. The minimum absolute atomic E-state index is 1.09. The van der Waals surface area contributed by atoms with Gasteiger partial charge < -0.3 is 9.47 Å². The smallest absolute Gasteiger partial charge is 0.0541 e. The van der Waals surface area contributed by atoms with Gasteiger partial charge in [0, 0.05) is 33.5 Å². The summed E-state index contributed by atoms with van der Waals surface area (Å²) in [7, 11) is 0. The van der Waals surface area contributed by atoms with Crippen LogP contribution in [0.1, 0.15) is 22.3 Å². The van der Waals surface area contributed by atoms with E-state index in [9.17, 15) is 0 Å². The summed E-state index contributed by atoms with van der Waals surface area (Å²) in [5.74, 6) is 0. The Morgan fingerprint density at radius 1 is 0.229 bits per heavy atom. The molecule has 2 aliphatic rings. The lowest BCUT2D eigenvalue weighted by molar-refractivity contribution is 1.18. The summed E-state index contributed by atoms with van der Waals surface area (Å²) >= 11 is 0. The van der Waals surface area contributed by atoms with Crippen LogP contribution in [0.15, 0.2) is 267 Å². The van der Waals surface area contributed by atoms with Crippen molar-refractivity contribution in [2.75, 3.05) is 4.90 Å². The van der Waals surface area contributed by atoms with Crippen LogP contribution in [0, 0.1) is 0 Å². The molecule has 14 rings (SSSR count). The first-order valence-electron chi connectivity index (χ1n) is 24.2. The highest BCUT2D eigenvalue weighted by molar-refractivity contribution is 6.19. The second-order valence-corrected chi connectivity index (χ2v) is 18.4. The lowest BCUT2D eigenvalue weighted by atomic mass is 9.91. The first-order valence-corrected chi connectivity index (χ1v) is 24.2. The summed E-state index contributed by atoms with van der Waals surface area (Å²) in [6, 6.07) is 97.9. The Hall–Kier alpha value is -9.24. The fourth-order valence-corrected chi connectivity index (χ4v) is 11.3. The lowest BCUT2D eigenvalue weighted by Gasteiger charge is -2.27. The maximum absolute atomic E-state index is 2.43. The third-order valence-electron chi connectivity index (χ3n) is 14.5. The normalized spacial score (nSPS) is 12.2. The second-order valence-electron chi connectivity index (χ2n) is 18.4. The number of hydrogen-bond donors (Lipinski definition) is 0. The molecule has 2 aliphatic carbocycles. The van der Waals surface area contributed by atoms with Gasteiger partial charge in [-0.05, 0) is 156 Å². The molecule has 70 heavy (non-hydrogen) atoms. The standard InChI is InChI=1S/C68H44N2/c1-3-15-45(16-4-1)46-27-29-47(30-28-46)48-31-36-52(37-32-48)69(53-38-33-49(34-39-53)50-35-42-66-63(43-50)59-22-13-14-26-65(59)70(66)51-17-5-2-6-18-51)54-40-41-58-57-21-9-12-25-62(57)68(64(58)44-54)67-60-23-10-7-19-55(60)56-20-8-11-24-61(56)67/h1-44H. The molecule has 0 saturated carbocycles. The first-order chi connectivity index (χ1) is 34.7. The molecule has 1 aromatic heterocycles. The fraction of sp³-hybridized carbons (Fsp3) is 0. The van der Waals surface area contributed by atoms with Gasteiger partial charge in [0.15, 0.2) is 0 Å². The van der Waals surface area contributed by atoms with Gasteiger partial charge in [0.05, 0.1) is 11.0 Å². The van der Waals surface area contributed by atoms with E-state index in [0.29, 0.717) is 0 Å². The summed E-state index contributed by atoms with van der Waals surface area (Å²) < 4.78 is 2.38. The predicted octanol–water partition coefficient (Wildman–Crippen LogP) is 18.2. The van der Waals surface area contributed by atoms with Crippen molar-refractivity contribution in [3.8, 4) is 61.3 Å². The Morgan fingerprint density at radius 3 is 1.19 bits per heavy atom. The topological polar surface area (TPSA) is 8.17 Å². The average Bonchev–Trinajstić information content (AvgIpc) is 4.07. The third-order valence-corrected chi connectivity index (χ3v) is 14.5. The number of para-hydroxylation sites is 2. The van der Waals surface area contributed by atoms with Crippen molar-refractivity contribution in [1.82, 2.24) is 4.57 Å². The zero-order valence-corrected chi connectivity index (χ0v) is 38.3. The van der Waals surface area contributed by atoms with Crippen LogP contribution in [-0.2, 0) is 0 Å². The number of anilines is 3. The molecule has 0 fully saturated rings. The minimum atomic E-state index is 1.09. The monoisotopic (exact) mass is 888 g/mol. The van der Waals surface area contributed by atoms with Gasteiger partial charge >= 0.3 is 0 Å². The molecule has 0 atom stereocenters. The molecule has 0 unspecified atom stereocenters. The van der Waals surface area contributed by atoms with Crippen molar-refractivity contribution in [3.63, 3.8) is 0 Å². The summed E-state index contributed by atoms with van der Waals surface area (Å²) in [6.45, 7) is 0. The summed E-state index contributed by atoms with van der Waals surface area (Å²) in [4.78, 5) is 2.42. The molecule has 326 valence electrons. The molecular formula is C68H44N2. The zero-order chi connectivity index (χ0) is 46.1. The second kappa shape index (κ2) is 16.2. The molecule has 1 heterocycles. The Labute approximate surface area is 408 Å². The van der Waals surface area contributed by atoms with Crippen molar-refractivity contribution in [3.05, 3.63) is 289 Å². The van der Waals surface area contributed by atoms with E-state index in [-0.39, 0.29) is 0 Å². The number of fused-ring (bicyclic) bond motifs is 9. The van der Waals surface area contributed by atoms with Gasteiger partial charge in [-0.1, -0.05) is 200 Å². The van der Waals surface area contributed by atoms with E-state index >= 15 is 0 Å². The zero-order valence-electron chi connectivity index (χ0n) is 38.3. The molecule has 0 radical (unpaired) electrons. The third kappa shape index (κ3) is 6.42. The van der Waals surface area contributed by atoms with Crippen LogP contribution in [0.5, 0.6) is 0 Å². The van der Waals surface area contributed by atoms with Crippen LogP contribution in [0.2, 0.25) is 0 Å². The van der Waals surface area contributed by atoms with E-state index in [4.69, 9.17) is 0 Å². The Morgan fingerprint density at radius 2 is 0.614 bits per heavy atom. The maximum atomic E-state index is 2.43.